The fourth-order valence-corrected chi connectivity index (χ4v) is 1.34. The van der Waals surface area contributed by atoms with Crippen LogP contribution < -0.4 is 11.1 Å². The molecule has 0 heterocycles. The van der Waals surface area contributed by atoms with E-state index in [1.807, 2.05) is 0 Å². The van der Waals surface area contributed by atoms with Crippen molar-refractivity contribution in [1.82, 2.24) is 5.32 Å². The minimum atomic E-state index is -1.25. The monoisotopic (exact) mass is 286 g/mol. The van der Waals surface area contributed by atoms with Gasteiger partial charge in [0, 0.05) is 5.02 Å². The lowest BCUT2D eigenvalue weighted by Gasteiger charge is -2.12. The van der Waals surface area contributed by atoms with E-state index in [4.69, 9.17) is 22.1 Å². The van der Waals surface area contributed by atoms with Crippen molar-refractivity contribution in [2.45, 2.75) is 13.0 Å². The lowest BCUT2D eigenvalue weighted by atomic mass is 10.2. The molecule has 0 fully saturated rings. The number of aromatic hydroxyl groups is 1. The third-order valence-electron chi connectivity index (χ3n) is 2.08. The van der Waals surface area contributed by atoms with Gasteiger partial charge in [0.1, 0.15) is 11.3 Å². The van der Waals surface area contributed by atoms with Crippen LogP contribution in [0.2, 0.25) is 5.02 Å². The first kappa shape index (κ1) is 14.8. The molecule has 0 spiro atoms. The van der Waals surface area contributed by atoms with E-state index in [0.29, 0.717) is 0 Å². The fourth-order valence-electron chi connectivity index (χ4n) is 1.17. The Labute approximate surface area is 113 Å². The lowest BCUT2D eigenvalue weighted by molar-refractivity contribution is -0.127. The first-order chi connectivity index (χ1) is 8.81. The fraction of sp³-hybridized carbons (Fsp3) is 0.182. The zero-order valence-corrected chi connectivity index (χ0v) is 10.6. The SMILES string of the molecule is CC(OC(=O)c1cc(Cl)ccc1O)C(=O)NC(N)=O. The summed E-state index contributed by atoms with van der Waals surface area (Å²) in [6.45, 7) is 1.25. The van der Waals surface area contributed by atoms with Gasteiger partial charge in [-0.2, -0.15) is 0 Å². The number of hydrogen-bond donors (Lipinski definition) is 3. The second-order valence-electron chi connectivity index (χ2n) is 3.56. The quantitative estimate of drug-likeness (QED) is 0.710. The molecule has 0 aliphatic rings. The predicted octanol–water partition coefficient (Wildman–Crippen LogP) is 0.786. The van der Waals surface area contributed by atoms with Gasteiger partial charge in [0.15, 0.2) is 6.10 Å². The van der Waals surface area contributed by atoms with Crippen LogP contribution in [0.25, 0.3) is 0 Å². The summed E-state index contributed by atoms with van der Waals surface area (Å²) in [5.41, 5.74) is 4.56. The van der Waals surface area contributed by atoms with Gasteiger partial charge in [-0.05, 0) is 25.1 Å². The van der Waals surface area contributed by atoms with Crippen LogP contribution in [0.15, 0.2) is 18.2 Å². The Morgan fingerprint density at radius 3 is 2.63 bits per heavy atom. The number of amides is 3. The number of esters is 1. The molecule has 1 rings (SSSR count). The maximum Gasteiger partial charge on any atom is 0.342 e. The molecule has 0 bridgehead atoms. The highest BCUT2D eigenvalue weighted by atomic mass is 35.5. The molecule has 0 aliphatic carbocycles. The molecule has 1 aromatic carbocycles. The number of urea groups is 1. The van der Waals surface area contributed by atoms with E-state index in [9.17, 15) is 19.5 Å². The highest BCUT2D eigenvalue weighted by Gasteiger charge is 2.21. The molecule has 8 heteroatoms. The summed E-state index contributed by atoms with van der Waals surface area (Å²) in [5, 5.41) is 11.4. The number of phenols is 1. The molecule has 0 saturated heterocycles. The maximum absolute atomic E-state index is 11.7. The predicted molar refractivity (Wildman–Crippen MR) is 65.7 cm³/mol. The second kappa shape index (κ2) is 6.05. The Hall–Kier alpha value is -2.28. The van der Waals surface area contributed by atoms with E-state index >= 15 is 0 Å². The largest absolute Gasteiger partial charge is 0.507 e. The number of ether oxygens (including phenoxy) is 1. The van der Waals surface area contributed by atoms with Gasteiger partial charge in [0.2, 0.25) is 0 Å². The first-order valence-electron chi connectivity index (χ1n) is 5.11. The van der Waals surface area contributed by atoms with E-state index in [1.54, 1.807) is 5.32 Å². The van der Waals surface area contributed by atoms with E-state index in [-0.39, 0.29) is 16.3 Å². The summed E-state index contributed by atoms with van der Waals surface area (Å²) in [5.74, 6) is -2.16. The molecular formula is C11H11ClN2O5. The Morgan fingerprint density at radius 2 is 2.05 bits per heavy atom. The average Bonchev–Trinajstić information content (AvgIpc) is 2.31. The Bertz CT molecular complexity index is 532. The van der Waals surface area contributed by atoms with Gasteiger partial charge in [-0.25, -0.2) is 9.59 Å². The van der Waals surface area contributed by atoms with Crippen molar-refractivity contribution in [3.63, 3.8) is 0 Å². The zero-order chi connectivity index (χ0) is 14.6. The van der Waals surface area contributed by atoms with Crippen molar-refractivity contribution in [1.29, 1.82) is 0 Å². The summed E-state index contributed by atoms with van der Waals surface area (Å²) in [4.78, 5) is 33.4. The van der Waals surface area contributed by atoms with Gasteiger partial charge < -0.3 is 15.6 Å². The van der Waals surface area contributed by atoms with Crippen molar-refractivity contribution in [2.75, 3.05) is 0 Å². The number of primary amides is 1. The summed E-state index contributed by atoms with van der Waals surface area (Å²) in [6, 6.07) is 2.74. The minimum Gasteiger partial charge on any atom is -0.507 e. The number of benzene rings is 1. The zero-order valence-electron chi connectivity index (χ0n) is 9.84. The van der Waals surface area contributed by atoms with Gasteiger partial charge in [-0.15, -0.1) is 0 Å². The lowest BCUT2D eigenvalue weighted by Crippen LogP contribution is -2.42. The number of phenolic OH excluding ortho intramolecular Hbond substituents is 1. The number of hydrogen-bond acceptors (Lipinski definition) is 5. The first-order valence-corrected chi connectivity index (χ1v) is 5.49. The van der Waals surface area contributed by atoms with Crippen LogP contribution in [0, 0.1) is 0 Å². The molecule has 4 N–H and O–H groups in total. The third kappa shape index (κ3) is 4.14. The van der Waals surface area contributed by atoms with Crippen molar-refractivity contribution in [3.8, 4) is 5.75 Å². The number of carbonyl (C=O) groups is 3. The standard InChI is InChI=1S/C11H11ClN2O5/c1-5(9(16)14-11(13)18)19-10(17)7-4-6(12)2-3-8(7)15/h2-5,15H,1H3,(H3,13,14,16,18). The van der Waals surface area contributed by atoms with Gasteiger partial charge in [-0.3, -0.25) is 10.1 Å². The second-order valence-corrected chi connectivity index (χ2v) is 4.00. The number of nitrogens with one attached hydrogen (secondary N) is 1. The van der Waals surface area contributed by atoms with E-state index in [2.05, 4.69) is 0 Å². The summed E-state index contributed by atoms with van der Waals surface area (Å²) in [7, 11) is 0. The molecular weight excluding hydrogens is 276 g/mol. The number of carbonyl (C=O) groups excluding carboxylic acids is 3. The molecule has 1 unspecified atom stereocenters. The normalized spacial score (nSPS) is 11.5. The number of imide groups is 1. The minimum absolute atomic E-state index is 0.189. The van der Waals surface area contributed by atoms with E-state index < -0.39 is 24.0 Å². The van der Waals surface area contributed by atoms with Gasteiger partial charge in [0.25, 0.3) is 5.91 Å². The van der Waals surface area contributed by atoms with Crippen LogP contribution in [0.5, 0.6) is 5.75 Å². The number of rotatable bonds is 3. The number of halogens is 1. The van der Waals surface area contributed by atoms with Crippen molar-refractivity contribution in [2.24, 2.45) is 5.73 Å². The Balaban J connectivity index is 2.77. The molecule has 0 saturated carbocycles. The molecule has 19 heavy (non-hydrogen) atoms. The molecule has 1 atom stereocenters. The van der Waals surface area contributed by atoms with Crippen LogP contribution >= 0.6 is 11.6 Å². The van der Waals surface area contributed by atoms with Crippen LogP contribution in [-0.4, -0.2) is 29.1 Å². The molecule has 0 aromatic heterocycles. The van der Waals surface area contributed by atoms with Crippen molar-refractivity contribution in [3.05, 3.63) is 28.8 Å². The highest BCUT2D eigenvalue weighted by molar-refractivity contribution is 6.31. The molecule has 7 nitrogen and oxygen atoms in total. The molecule has 102 valence electrons. The van der Waals surface area contributed by atoms with E-state index in [1.165, 1.54) is 25.1 Å². The molecule has 0 radical (unpaired) electrons. The Morgan fingerprint density at radius 1 is 1.42 bits per heavy atom. The van der Waals surface area contributed by atoms with Crippen LogP contribution in [0.1, 0.15) is 17.3 Å². The van der Waals surface area contributed by atoms with Crippen molar-refractivity contribution >= 4 is 29.5 Å². The third-order valence-corrected chi connectivity index (χ3v) is 2.31. The van der Waals surface area contributed by atoms with Crippen LogP contribution in [0.4, 0.5) is 4.79 Å². The average molecular weight is 287 g/mol. The topological polar surface area (TPSA) is 119 Å². The molecule has 0 aliphatic heterocycles. The summed E-state index contributed by atoms with van der Waals surface area (Å²) < 4.78 is 4.76. The van der Waals surface area contributed by atoms with E-state index in [0.717, 1.165) is 0 Å². The van der Waals surface area contributed by atoms with Gasteiger partial charge >= 0.3 is 12.0 Å². The van der Waals surface area contributed by atoms with Gasteiger partial charge in [-0.1, -0.05) is 11.6 Å². The summed E-state index contributed by atoms with van der Waals surface area (Å²) in [6.07, 6.45) is -1.25. The van der Waals surface area contributed by atoms with Crippen molar-refractivity contribution < 1.29 is 24.2 Å². The van der Waals surface area contributed by atoms with Crippen LogP contribution in [0.3, 0.4) is 0 Å². The number of nitrogens with two attached hydrogens (primary N) is 1. The summed E-state index contributed by atoms with van der Waals surface area (Å²) >= 11 is 5.67. The molecule has 1 aromatic rings. The Kier molecular flexibility index (Phi) is 4.71. The molecule has 3 amide bonds. The van der Waals surface area contributed by atoms with Gasteiger partial charge in [0.05, 0.1) is 0 Å². The van der Waals surface area contributed by atoms with Crippen LogP contribution in [-0.2, 0) is 9.53 Å². The maximum atomic E-state index is 11.7. The smallest absolute Gasteiger partial charge is 0.342 e. The highest BCUT2D eigenvalue weighted by Crippen LogP contribution is 2.22.